The molecule has 0 unspecified atom stereocenters. The quantitative estimate of drug-likeness (QED) is 0.857. The minimum atomic E-state index is 0.567. The van der Waals surface area contributed by atoms with Crippen LogP contribution in [0, 0.1) is 0 Å². The molecule has 0 amide bonds. The van der Waals surface area contributed by atoms with Crippen LogP contribution in [-0.2, 0) is 6.54 Å². The van der Waals surface area contributed by atoms with Crippen molar-refractivity contribution in [2.24, 2.45) is 0 Å². The third kappa shape index (κ3) is 3.31. The van der Waals surface area contributed by atoms with Gasteiger partial charge in [-0.2, -0.15) is 0 Å². The van der Waals surface area contributed by atoms with Gasteiger partial charge in [-0.15, -0.1) is 0 Å². The van der Waals surface area contributed by atoms with E-state index in [-0.39, 0.29) is 0 Å². The van der Waals surface area contributed by atoms with Crippen molar-refractivity contribution in [1.82, 2.24) is 4.98 Å². The van der Waals surface area contributed by atoms with E-state index in [2.05, 4.69) is 48.4 Å². The molecule has 0 aliphatic rings. The van der Waals surface area contributed by atoms with E-state index in [9.17, 15) is 0 Å². The number of nitrogens with zero attached hydrogens (tertiary/aromatic N) is 1. The second-order valence-corrected chi connectivity index (χ2v) is 4.49. The largest absolute Gasteiger partial charge is 0.381 e. The number of hydrogen-bond donors (Lipinski definition) is 1. The van der Waals surface area contributed by atoms with Crippen molar-refractivity contribution in [2.45, 2.75) is 26.3 Å². The van der Waals surface area contributed by atoms with Crippen molar-refractivity contribution in [2.75, 3.05) is 5.32 Å². The number of pyridine rings is 1. The van der Waals surface area contributed by atoms with Crippen LogP contribution in [0.15, 0.2) is 48.8 Å². The van der Waals surface area contributed by atoms with Gasteiger partial charge in [0, 0.05) is 24.6 Å². The average Bonchev–Trinajstić information content (AvgIpc) is 2.38. The molecular weight excluding hydrogens is 208 g/mol. The Morgan fingerprint density at radius 1 is 1.12 bits per heavy atom. The molecule has 0 bridgehead atoms. The maximum absolute atomic E-state index is 4.01. The predicted octanol–water partition coefficient (Wildman–Crippen LogP) is 3.82. The summed E-state index contributed by atoms with van der Waals surface area (Å²) < 4.78 is 0. The van der Waals surface area contributed by atoms with Gasteiger partial charge in [0.1, 0.15) is 0 Å². The normalized spacial score (nSPS) is 10.5. The first-order valence-electron chi connectivity index (χ1n) is 5.98. The van der Waals surface area contributed by atoms with E-state index in [1.807, 2.05) is 24.5 Å². The van der Waals surface area contributed by atoms with E-state index in [1.54, 1.807) is 0 Å². The summed E-state index contributed by atoms with van der Waals surface area (Å²) in [5.41, 5.74) is 3.78. The van der Waals surface area contributed by atoms with Crippen LogP contribution in [-0.4, -0.2) is 4.98 Å². The first-order valence-corrected chi connectivity index (χ1v) is 5.98. The van der Waals surface area contributed by atoms with Gasteiger partial charge in [-0.3, -0.25) is 4.98 Å². The van der Waals surface area contributed by atoms with Crippen LogP contribution in [0.25, 0.3) is 0 Å². The lowest BCUT2D eigenvalue weighted by molar-refractivity contribution is 0.866. The number of rotatable bonds is 4. The molecule has 0 aliphatic heterocycles. The van der Waals surface area contributed by atoms with Crippen LogP contribution >= 0.6 is 0 Å². The van der Waals surface area contributed by atoms with Crippen molar-refractivity contribution in [3.05, 3.63) is 59.9 Å². The fraction of sp³-hybridized carbons (Fsp3) is 0.267. The summed E-state index contributed by atoms with van der Waals surface area (Å²) in [4.78, 5) is 4.01. The molecule has 0 fully saturated rings. The standard InChI is InChI=1S/C15H18N2/c1-12(2)14-4-3-5-15(10-14)17-11-13-6-8-16-9-7-13/h3-10,12,17H,11H2,1-2H3. The lowest BCUT2D eigenvalue weighted by atomic mass is 10.0. The molecule has 2 aromatic rings. The first-order chi connectivity index (χ1) is 8.25. The second kappa shape index (κ2) is 5.48. The number of hydrogen-bond acceptors (Lipinski definition) is 2. The highest BCUT2D eigenvalue weighted by Gasteiger charge is 2.00. The monoisotopic (exact) mass is 226 g/mol. The molecule has 2 heteroatoms. The smallest absolute Gasteiger partial charge is 0.0401 e. The van der Waals surface area contributed by atoms with E-state index < -0.39 is 0 Å². The topological polar surface area (TPSA) is 24.9 Å². The van der Waals surface area contributed by atoms with Crippen molar-refractivity contribution in [1.29, 1.82) is 0 Å². The van der Waals surface area contributed by atoms with Gasteiger partial charge in [-0.05, 0) is 41.3 Å². The maximum atomic E-state index is 4.01. The van der Waals surface area contributed by atoms with E-state index >= 15 is 0 Å². The zero-order chi connectivity index (χ0) is 12.1. The van der Waals surface area contributed by atoms with Gasteiger partial charge in [0.25, 0.3) is 0 Å². The van der Waals surface area contributed by atoms with Crippen LogP contribution in [0.2, 0.25) is 0 Å². The Labute approximate surface area is 103 Å². The lowest BCUT2D eigenvalue weighted by Crippen LogP contribution is -2.00. The SMILES string of the molecule is CC(C)c1cccc(NCc2ccncc2)c1. The fourth-order valence-corrected chi connectivity index (χ4v) is 1.71. The van der Waals surface area contributed by atoms with Crippen LogP contribution in [0.1, 0.15) is 30.9 Å². The summed E-state index contributed by atoms with van der Waals surface area (Å²) >= 11 is 0. The summed E-state index contributed by atoms with van der Waals surface area (Å²) in [5.74, 6) is 0.567. The van der Waals surface area contributed by atoms with E-state index in [0.717, 1.165) is 6.54 Å². The molecule has 0 saturated carbocycles. The van der Waals surface area contributed by atoms with Gasteiger partial charge in [0.15, 0.2) is 0 Å². The second-order valence-electron chi connectivity index (χ2n) is 4.49. The molecule has 0 saturated heterocycles. The highest BCUT2D eigenvalue weighted by Crippen LogP contribution is 2.18. The molecule has 1 aromatic heterocycles. The maximum Gasteiger partial charge on any atom is 0.0401 e. The molecule has 1 heterocycles. The Hall–Kier alpha value is -1.83. The Kier molecular flexibility index (Phi) is 3.76. The summed E-state index contributed by atoms with van der Waals surface area (Å²) in [5, 5.41) is 3.43. The number of anilines is 1. The number of benzene rings is 1. The van der Waals surface area contributed by atoms with Gasteiger partial charge in [-0.1, -0.05) is 26.0 Å². The number of aromatic nitrogens is 1. The van der Waals surface area contributed by atoms with Crippen LogP contribution in [0.3, 0.4) is 0 Å². The highest BCUT2D eigenvalue weighted by atomic mass is 14.9. The molecule has 0 radical (unpaired) electrons. The minimum Gasteiger partial charge on any atom is -0.381 e. The van der Waals surface area contributed by atoms with Crippen LogP contribution in [0.5, 0.6) is 0 Å². The average molecular weight is 226 g/mol. The molecule has 2 rings (SSSR count). The molecule has 1 N–H and O–H groups in total. The van der Waals surface area contributed by atoms with Gasteiger partial charge >= 0.3 is 0 Å². The van der Waals surface area contributed by atoms with Gasteiger partial charge < -0.3 is 5.32 Å². The first kappa shape index (κ1) is 11.6. The summed E-state index contributed by atoms with van der Waals surface area (Å²) in [7, 11) is 0. The predicted molar refractivity (Wildman–Crippen MR) is 72.1 cm³/mol. The zero-order valence-corrected chi connectivity index (χ0v) is 10.4. The molecule has 0 atom stereocenters. The minimum absolute atomic E-state index is 0.567. The summed E-state index contributed by atoms with van der Waals surface area (Å²) in [6, 6.07) is 12.6. The third-order valence-corrected chi connectivity index (χ3v) is 2.80. The van der Waals surface area contributed by atoms with Crippen molar-refractivity contribution < 1.29 is 0 Å². The van der Waals surface area contributed by atoms with E-state index in [4.69, 9.17) is 0 Å². The van der Waals surface area contributed by atoms with Crippen molar-refractivity contribution in [3.63, 3.8) is 0 Å². The van der Waals surface area contributed by atoms with E-state index in [1.165, 1.54) is 16.8 Å². The highest BCUT2D eigenvalue weighted by molar-refractivity contribution is 5.46. The lowest BCUT2D eigenvalue weighted by Gasteiger charge is -2.10. The van der Waals surface area contributed by atoms with Gasteiger partial charge in [0.2, 0.25) is 0 Å². The third-order valence-electron chi connectivity index (χ3n) is 2.80. The van der Waals surface area contributed by atoms with Gasteiger partial charge in [0.05, 0.1) is 0 Å². The van der Waals surface area contributed by atoms with Crippen LogP contribution < -0.4 is 5.32 Å². The van der Waals surface area contributed by atoms with Crippen molar-refractivity contribution >= 4 is 5.69 Å². The number of nitrogens with one attached hydrogen (secondary N) is 1. The van der Waals surface area contributed by atoms with Crippen LogP contribution in [0.4, 0.5) is 5.69 Å². The molecule has 88 valence electrons. The fourth-order valence-electron chi connectivity index (χ4n) is 1.71. The molecule has 0 aliphatic carbocycles. The Balaban J connectivity index is 2.02. The molecule has 1 aromatic carbocycles. The summed E-state index contributed by atoms with van der Waals surface area (Å²) in [6.45, 7) is 5.26. The zero-order valence-electron chi connectivity index (χ0n) is 10.4. The molecule has 17 heavy (non-hydrogen) atoms. The van der Waals surface area contributed by atoms with Gasteiger partial charge in [-0.25, -0.2) is 0 Å². The Morgan fingerprint density at radius 3 is 2.59 bits per heavy atom. The Morgan fingerprint density at radius 2 is 1.88 bits per heavy atom. The van der Waals surface area contributed by atoms with E-state index in [0.29, 0.717) is 5.92 Å². The molecule has 2 nitrogen and oxygen atoms in total. The Bertz CT molecular complexity index is 463. The molecule has 0 spiro atoms. The molecular formula is C15H18N2. The summed E-state index contributed by atoms with van der Waals surface area (Å²) in [6.07, 6.45) is 3.64. The van der Waals surface area contributed by atoms with Crippen molar-refractivity contribution in [3.8, 4) is 0 Å².